The quantitative estimate of drug-likeness (QED) is 0.805. The fourth-order valence-electron chi connectivity index (χ4n) is 2.43. The molecule has 3 N–H and O–H groups in total. The molecule has 0 aliphatic carbocycles. The van der Waals surface area contributed by atoms with E-state index in [2.05, 4.69) is 24.8 Å². The van der Waals surface area contributed by atoms with Crippen molar-refractivity contribution in [3.8, 4) is 0 Å². The fourth-order valence-corrected chi connectivity index (χ4v) is 2.43. The number of nitrogens with two attached hydrogens (primary N) is 1. The number of benzene rings is 1. The van der Waals surface area contributed by atoms with Crippen molar-refractivity contribution in [1.29, 1.82) is 0 Å². The van der Waals surface area contributed by atoms with E-state index >= 15 is 0 Å². The second-order valence-electron chi connectivity index (χ2n) is 5.96. The number of nitrogen functional groups attached to an aromatic ring is 1. The molecular weight excluding hydrogens is 224 g/mol. The van der Waals surface area contributed by atoms with Gasteiger partial charge < -0.3 is 10.8 Å². The first-order valence-corrected chi connectivity index (χ1v) is 6.71. The highest BCUT2D eigenvalue weighted by Crippen LogP contribution is 2.26. The predicted octanol–water partition coefficient (Wildman–Crippen LogP) is 2.03. The molecule has 18 heavy (non-hydrogen) atoms. The van der Waals surface area contributed by atoms with Gasteiger partial charge in [0.2, 0.25) is 0 Å². The van der Waals surface area contributed by atoms with E-state index in [1.165, 1.54) is 11.1 Å². The Morgan fingerprint density at radius 1 is 1.44 bits per heavy atom. The van der Waals surface area contributed by atoms with Crippen LogP contribution in [0.5, 0.6) is 0 Å². The first-order valence-electron chi connectivity index (χ1n) is 6.71. The molecule has 0 spiro atoms. The summed E-state index contributed by atoms with van der Waals surface area (Å²) in [6.07, 6.45) is 1.02. The van der Waals surface area contributed by atoms with Gasteiger partial charge in [-0.1, -0.05) is 26.0 Å². The van der Waals surface area contributed by atoms with E-state index in [1.807, 2.05) is 19.1 Å². The summed E-state index contributed by atoms with van der Waals surface area (Å²) in [6, 6.07) is 6.14. The Kier molecular flexibility index (Phi) is 3.64. The van der Waals surface area contributed by atoms with Gasteiger partial charge in [-0.3, -0.25) is 4.90 Å². The summed E-state index contributed by atoms with van der Waals surface area (Å²) in [4.78, 5) is 2.30. The molecule has 1 aliphatic rings. The molecule has 3 nitrogen and oxygen atoms in total. The van der Waals surface area contributed by atoms with Gasteiger partial charge >= 0.3 is 0 Å². The van der Waals surface area contributed by atoms with E-state index in [0.717, 1.165) is 25.2 Å². The molecule has 0 bridgehead atoms. The Labute approximate surface area is 110 Å². The van der Waals surface area contributed by atoms with Crippen LogP contribution in [0.25, 0.3) is 0 Å². The number of β-amino-alcohol motifs (C(OH)–C–C–N with tert-alkyl or cyclic N) is 1. The smallest absolute Gasteiger partial charge is 0.0768 e. The standard InChI is InChI=1S/C15H24N2O/c1-11(2)15(3,18)10-17-8-7-12-5-4-6-14(16)13(12)9-17/h4-6,11,18H,7-10,16H2,1-3H3. The number of nitrogens with zero attached hydrogens (tertiary/aromatic N) is 1. The summed E-state index contributed by atoms with van der Waals surface area (Å²) < 4.78 is 0. The lowest BCUT2D eigenvalue weighted by Gasteiger charge is -2.37. The van der Waals surface area contributed by atoms with Crippen LogP contribution in [0.4, 0.5) is 5.69 Å². The molecule has 1 unspecified atom stereocenters. The van der Waals surface area contributed by atoms with Crippen LogP contribution in [0.1, 0.15) is 31.9 Å². The van der Waals surface area contributed by atoms with Gasteiger partial charge in [0.05, 0.1) is 5.60 Å². The fraction of sp³-hybridized carbons (Fsp3) is 0.600. The molecule has 0 fully saturated rings. The number of hydrogen-bond donors (Lipinski definition) is 2. The van der Waals surface area contributed by atoms with Crippen molar-refractivity contribution in [2.75, 3.05) is 18.8 Å². The van der Waals surface area contributed by atoms with E-state index < -0.39 is 5.60 Å². The molecular formula is C15H24N2O. The second kappa shape index (κ2) is 4.90. The second-order valence-corrected chi connectivity index (χ2v) is 5.96. The number of hydrogen-bond acceptors (Lipinski definition) is 3. The maximum atomic E-state index is 10.4. The van der Waals surface area contributed by atoms with Gasteiger partial charge in [-0.15, -0.1) is 0 Å². The third-order valence-corrected chi connectivity index (χ3v) is 4.18. The Balaban J connectivity index is 2.11. The lowest BCUT2D eigenvalue weighted by molar-refractivity contribution is -0.0219. The third kappa shape index (κ3) is 2.68. The zero-order chi connectivity index (χ0) is 13.3. The number of fused-ring (bicyclic) bond motifs is 1. The lowest BCUT2D eigenvalue weighted by atomic mass is 9.90. The summed E-state index contributed by atoms with van der Waals surface area (Å²) in [7, 11) is 0. The molecule has 1 atom stereocenters. The maximum absolute atomic E-state index is 10.4. The minimum Gasteiger partial charge on any atom is -0.398 e. The Bertz CT molecular complexity index is 427. The minimum atomic E-state index is -0.638. The van der Waals surface area contributed by atoms with Crippen LogP contribution >= 0.6 is 0 Å². The summed E-state index contributed by atoms with van der Waals surface area (Å²) in [5.74, 6) is 0.256. The summed E-state index contributed by atoms with van der Waals surface area (Å²) in [5.41, 5.74) is 8.87. The molecule has 0 saturated heterocycles. The number of aliphatic hydroxyl groups is 1. The van der Waals surface area contributed by atoms with E-state index in [-0.39, 0.29) is 5.92 Å². The van der Waals surface area contributed by atoms with Crippen LogP contribution in [0.15, 0.2) is 18.2 Å². The molecule has 0 radical (unpaired) electrons. The molecule has 0 amide bonds. The predicted molar refractivity (Wildman–Crippen MR) is 75.3 cm³/mol. The van der Waals surface area contributed by atoms with Crippen molar-refractivity contribution in [2.45, 2.75) is 39.3 Å². The van der Waals surface area contributed by atoms with Crippen LogP contribution < -0.4 is 5.73 Å². The summed E-state index contributed by atoms with van der Waals surface area (Å²) in [6.45, 7) is 8.60. The van der Waals surface area contributed by atoms with Crippen LogP contribution in [0, 0.1) is 5.92 Å². The van der Waals surface area contributed by atoms with Crippen molar-refractivity contribution in [3.05, 3.63) is 29.3 Å². The molecule has 2 rings (SSSR count). The zero-order valence-electron chi connectivity index (χ0n) is 11.6. The van der Waals surface area contributed by atoms with Crippen molar-refractivity contribution in [2.24, 2.45) is 5.92 Å². The monoisotopic (exact) mass is 248 g/mol. The first-order chi connectivity index (χ1) is 8.40. The van der Waals surface area contributed by atoms with E-state index in [4.69, 9.17) is 5.73 Å². The van der Waals surface area contributed by atoms with E-state index in [1.54, 1.807) is 0 Å². The van der Waals surface area contributed by atoms with Gasteiger partial charge in [-0.05, 0) is 36.5 Å². The molecule has 0 saturated carbocycles. The van der Waals surface area contributed by atoms with Crippen molar-refractivity contribution < 1.29 is 5.11 Å². The lowest BCUT2D eigenvalue weighted by Crippen LogP contribution is -2.46. The van der Waals surface area contributed by atoms with Crippen LogP contribution in [0.2, 0.25) is 0 Å². The third-order valence-electron chi connectivity index (χ3n) is 4.18. The van der Waals surface area contributed by atoms with Gasteiger partial charge in [0.15, 0.2) is 0 Å². The number of anilines is 1. The molecule has 1 aromatic carbocycles. The van der Waals surface area contributed by atoms with Crippen molar-refractivity contribution in [1.82, 2.24) is 4.90 Å². The molecule has 1 aromatic rings. The largest absolute Gasteiger partial charge is 0.398 e. The first kappa shape index (κ1) is 13.4. The van der Waals surface area contributed by atoms with Crippen LogP contribution in [-0.4, -0.2) is 28.7 Å². The van der Waals surface area contributed by atoms with Gasteiger partial charge in [0.25, 0.3) is 0 Å². The zero-order valence-corrected chi connectivity index (χ0v) is 11.6. The van der Waals surface area contributed by atoms with Crippen molar-refractivity contribution in [3.63, 3.8) is 0 Å². The van der Waals surface area contributed by atoms with Gasteiger partial charge in [-0.2, -0.15) is 0 Å². The summed E-state index contributed by atoms with van der Waals surface area (Å²) >= 11 is 0. The topological polar surface area (TPSA) is 49.5 Å². The number of rotatable bonds is 3. The molecule has 3 heteroatoms. The minimum absolute atomic E-state index is 0.256. The normalized spacial score (nSPS) is 19.6. The van der Waals surface area contributed by atoms with Gasteiger partial charge in [0.1, 0.15) is 0 Å². The Hall–Kier alpha value is -1.06. The highest BCUT2D eigenvalue weighted by molar-refractivity contribution is 5.51. The van der Waals surface area contributed by atoms with Gasteiger partial charge in [-0.25, -0.2) is 0 Å². The SMILES string of the molecule is CC(C)C(C)(O)CN1CCc2cccc(N)c2C1. The molecule has 1 heterocycles. The van der Waals surface area contributed by atoms with Crippen LogP contribution in [-0.2, 0) is 13.0 Å². The molecule has 1 aliphatic heterocycles. The molecule has 100 valence electrons. The Morgan fingerprint density at radius 2 is 2.17 bits per heavy atom. The maximum Gasteiger partial charge on any atom is 0.0768 e. The van der Waals surface area contributed by atoms with Gasteiger partial charge in [0, 0.05) is 25.3 Å². The molecule has 0 aromatic heterocycles. The van der Waals surface area contributed by atoms with Crippen molar-refractivity contribution >= 4 is 5.69 Å². The highest BCUT2D eigenvalue weighted by atomic mass is 16.3. The van der Waals surface area contributed by atoms with E-state index in [0.29, 0.717) is 6.54 Å². The van der Waals surface area contributed by atoms with Crippen LogP contribution in [0.3, 0.4) is 0 Å². The average molecular weight is 248 g/mol. The van der Waals surface area contributed by atoms with E-state index in [9.17, 15) is 5.11 Å². The highest BCUT2D eigenvalue weighted by Gasteiger charge is 2.29. The average Bonchev–Trinajstić information content (AvgIpc) is 2.29. The Morgan fingerprint density at radius 3 is 2.83 bits per heavy atom. The summed E-state index contributed by atoms with van der Waals surface area (Å²) in [5, 5.41) is 10.4.